The predicted octanol–water partition coefficient (Wildman–Crippen LogP) is 3.46. The van der Waals surface area contributed by atoms with Crippen LogP contribution >= 0.6 is 11.6 Å². The lowest BCUT2D eigenvalue weighted by molar-refractivity contribution is 0.0784. The number of anilines is 1. The second-order valence-electron chi connectivity index (χ2n) is 6.82. The van der Waals surface area contributed by atoms with Crippen molar-refractivity contribution in [3.63, 3.8) is 0 Å². The van der Waals surface area contributed by atoms with Crippen molar-refractivity contribution in [1.82, 2.24) is 4.90 Å². The van der Waals surface area contributed by atoms with Gasteiger partial charge in [-0.1, -0.05) is 17.7 Å². The first kappa shape index (κ1) is 19.6. The van der Waals surface area contributed by atoms with Crippen molar-refractivity contribution in [3.05, 3.63) is 63.9 Å². The van der Waals surface area contributed by atoms with Gasteiger partial charge in [0.2, 0.25) is 10.0 Å². The van der Waals surface area contributed by atoms with Gasteiger partial charge in [0.05, 0.1) is 11.9 Å². The summed E-state index contributed by atoms with van der Waals surface area (Å²) in [5.41, 5.74) is 2.08. The van der Waals surface area contributed by atoms with E-state index in [-0.39, 0.29) is 29.1 Å². The first-order valence-electron chi connectivity index (χ1n) is 8.40. The molecule has 0 unspecified atom stereocenters. The number of carbonyl (C=O) groups excluding carboxylic acids is 1. The molecule has 0 spiro atoms. The van der Waals surface area contributed by atoms with Crippen LogP contribution in [0, 0.1) is 5.82 Å². The second kappa shape index (κ2) is 7.13. The van der Waals surface area contributed by atoms with Gasteiger partial charge in [0.25, 0.3) is 5.91 Å². The minimum Gasteiger partial charge on any atom is -0.337 e. The van der Waals surface area contributed by atoms with E-state index in [2.05, 4.69) is 0 Å². The third-order valence-corrected chi connectivity index (χ3v) is 6.27. The summed E-state index contributed by atoms with van der Waals surface area (Å²) >= 11 is 6.04. The van der Waals surface area contributed by atoms with Crippen LogP contribution in [-0.2, 0) is 23.0 Å². The predicted molar refractivity (Wildman–Crippen MR) is 104 cm³/mol. The minimum atomic E-state index is -3.38. The normalized spacial score (nSPS) is 16.3. The molecule has 1 amide bonds. The average Bonchev–Trinajstić information content (AvgIpc) is 2.92. The summed E-state index contributed by atoms with van der Waals surface area (Å²) in [5, 5.41) is 0.265. The van der Waals surface area contributed by atoms with Crippen molar-refractivity contribution in [2.75, 3.05) is 17.6 Å². The number of sulfonamides is 1. The molecule has 144 valence electrons. The van der Waals surface area contributed by atoms with Crippen molar-refractivity contribution in [2.24, 2.45) is 0 Å². The first-order chi connectivity index (χ1) is 12.6. The Bertz CT molecular complexity index is 990. The number of hydrogen-bond donors (Lipinski definition) is 0. The highest BCUT2D eigenvalue weighted by Crippen LogP contribution is 2.35. The monoisotopic (exact) mass is 410 g/mol. The molecule has 5 nitrogen and oxygen atoms in total. The van der Waals surface area contributed by atoms with Crippen molar-refractivity contribution in [3.8, 4) is 0 Å². The summed E-state index contributed by atoms with van der Waals surface area (Å²) in [4.78, 5) is 14.1. The molecular weight excluding hydrogens is 391 g/mol. The third-order valence-electron chi connectivity index (χ3n) is 4.64. The van der Waals surface area contributed by atoms with Gasteiger partial charge in [0.15, 0.2) is 0 Å². The number of nitrogens with zero attached hydrogens (tertiary/aromatic N) is 2. The van der Waals surface area contributed by atoms with Crippen LogP contribution < -0.4 is 4.31 Å². The van der Waals surface area contributed by atoms with Gasteiger partial charge in [0, 0.05) is 35.8 Å². The summed E-state index contributed by atoms with van der Waals surface area (Å²) in [6.07, 6.45) is 1.70. The molecule has 0 bridgehead atoms. The fourth-order valence-electron chi connectivity index (χ4n) is 3.45. The SMILES string of the molecule is C[C@H]1Cc2cc(C(=O)N(C)Cc3c(F)cccc3Cl)ccc2N1S(C)(=O)=O. The Morgan fingerprint density at radius 2 is 2.04 bits per heavy atom. The topological polar surface area (TPSA) is 57.7 Å². The Balaban J connectivity index is 1.86. The molecule has 27 heavy (non-hydrogen) atoms. The number of amides is 1. The molecule has 0 fully saturated rings. The van der Waals surface area contributed by atoms with E-state index >= 15 is 0 Å². The lowest BCUT2D eigenvalue weighted by atomic mass is 10.1. The fourth-order valence-corrected chi connectivity index (χ4v) is 4.94. The Labute approximate surface area is 163 Å². The molecule has 2 aromatic carbocycles. The summed E-state index contributed by atoms with van der Waals surface area (Å²) in [6.45, 7) is 1.86. The van der Waals surface area contributed by atoms with E-state index in [0.717, 1.165) is 5.56 Å². The molecule has 1 aliphatic heterocycles. The summed E-state index contributed by atoms with van der Waals surface area (Å²) in [5.74, 6) is -0.753. The van der Waals surface area contributed by atoms with E-state index < -0.39 is 15.8 Å². The maximum atomic E-state index is 14.0. The van der Waals surface area contributed by atoms with Crippen molar-refractivity contribution in [2.45, 2.75) is 25.9 Å². The first-order valence-corrected chi connectivity index (χ1v) is 10.6. The van der Waals surface area contributed by atoms with E-state index in [1.807, 2.05) is 6.92 Å². The van der Waals surface area contributed by atoms with Gasteiger partial charge in [-0.15, -0.1) is 0 Å². The van der Waals surface area contributed by atoms with Crippen molar-refractivity contribution in [1.29, 1.82) is 0 Å². The molecule has 3 rings (SSSR count). The van der Waals surface area contributed by atoms with Crippen molar-refractivity contribution < 1.29 is 17.6 Å². The smallest absolute Gasteiger partial charge is 0.253 e. The lowest BCUT2D eigenvalue weighted by Crippen LogP contribution is -2.34. The highest BCUT2D eigenvalue weighted by molar-refractivity contribution is 7.92. The average molecular weight is 411 g/mol. The van der Waals surface area contributed by atoms with Gasteiger partial charge in [-0.2, -0.15) is 0 Å². The zero-order chi connectivity index (χ0) is 19.9. The molecule has 0 saturated carbocycles. The van der Waals surface area contributed by atoms with Crippen molar-refractivity contribution >= 4 is 33.2 Å². The van der Waals surface area contributed by atoms with Crippen LogP contribution in [0.3, 0.4) is 0 Å². The van der Waals surface area contributed by atoms with Gasteiger partial charge < -0.3 is 4.90 Å². The van der Waals surface area contributed by atoms with Crippen LogP contribution in [0.2, 0.25) is 5.02 Å². The third kappa shape index (κ3) is 3.80. The summed E-state index contributed by atoms with van der Waals surface area (Å²) < 4.78 is 39.4. The van der Waals surface area contributed by atoms with E-state index in [0.29, 0.717) is 17.7 Å². The van der Waals surface area contributed by atoms with E-state index in [1.165, 1.54) is 27.6 Å². The van der Waals surface area contributed by atoms with Crippen LogP contribution in [0.15, 0.2) is 36.4 Å². The van der Waals surface area contributed by atoms with Crippen LogP contribution in [0.1, 0.15) is 28.4 Å². The second-order valence-corrected chi connectivity index (χ2v) is 9.08. The van der Waals surface area contributed by atoms with Crippen LogP contribution in [0.4, 0.5) is 10.1 Å². The summed E-state index contributed by atoms with van der Waals surface area (Å²) in [6, 6.07) is 9.14. The standard InChI is InChI=1S/C19H20ClFN2O3S/c1-12-9-14-10-13(7-8-18(14)23(12)27(3,25)26)19(24)22(2)11-15-16(20)5-4-6-17(15)21/h4-8,10,12H,9,11H2,1-3H3/t12-/m0/s1. The molecule has 0 radical (unpaired) electrons. The molecular formula is C19H20ClFN2O3S. The lowest BCUT2D eigenvalue weighted by Gasteiger charge is -2.22. The molecule has 0 aliphatic carbocycles. The molecule has 0 N–H and O–H groups in total. The van der Waals surface area contributed by atoms with Gasteiger partial charge >= 0.3 is 0 Å². The van der Waals surface area contributed by atoms with Crippen LogP contribution in [-0.4, -0.2) is 38.6 Å². The Morgan fingerprint density at radius 3 is 2.67 bits per heavy atom. The Morgan fingerprint density at radius 1 is 1.33 bits per heavy atom. The number of carbonyl (C=O) groups is 1. The van der Waals surface area contributed by atoms with E-state index in [9.17, 15) is 17.6 Å². The molecule has 8 heteroatoms. The van der Waals surface area contributed by atoms with Crippen LogP contribution in [0.25, 0.3) is 0 Å². The molecule has 1 heterocycles. The fraction of sp³-hybridized carbons (Fsp3) is 0.316. The van der Waals surface area contributed by atoms with Gasteiger partial charge in [0.1, 0.15) is 5.82 Å². The molecule has 0 saturated heterocycles. The molecule has 0 aromatic heterocycles. The number of benzene rings is 2. The molecule has 2 aromatic rings. The maximum absolute atomic E-state index is 14.0. The number of rotatable bonds is 4. The van der Waals surface area contributed by atoms with Crippen LogP contribution in [0.5, 0.6) is 0 Å². The zero-order valence-corrected chi connectivity index (χ0v) is 16.8. The van der Waals surface area contributed by atoms with Gasteiger partial charge in [-0.05, 0) is 49.2 Å². The number of halogens is 2. The highest BCUT2D eigenvalue weighted by atomic mass is 35.5. The number of fused-ring (bicyclic) bond motifs is 1. The minimum absolute atomic E-state index is 0.0350. The Hall–Kier alpha value is -2.12. The Kier molecular flexibility index (Phi) is 5.18. The highest BCUT2D eigenvalue weighted by Gasteiger charge is 2.33. The van der Waals surface area contributed by atoms with Gasteiger partial charge in [-0.25, -0.2) is 12.8 Å². The number of hydrogen-bond acceptors (Lipinski definition) is 3. The molecule has 1 aliphatic rings. The van der Waals surface area contributed by atoms with E-state index in [4.69, 9.17) is 11.6 Å². The zero-order valence-electron chi connectivity index (χ0n) is 15.2. The maximum Gasteiger partial charge on any atom is 0.253 e. The van der Waals surface area contributed by atoms with Gasteiger partial charge in [-0.3, -0.25) is 9.10 Å². The summed E-state index contributed by atoms with van der Waals surface area (Å²) in [7, 11) is -1.81. The van der Waals surface area contributed by atoms with E-state index in [1.54, 1.807) is 31.3 Å². The molecule has 1 atom stereocenters. The quantitative estimate of drug-likeness (QED) is 0.775. The largest absolute Gasteiger partial charge is 0.337 e.